The number of carbonyl (C=O) groups excluding carboxylic acids is 1. The maximum absolute atomic E-state index is 13.3. The Morgan fingerprint density at radius 3 is 2.61 bits per heavy atom. The van der Waals surface area contributed by atoms with Crippen molar-refractivity contribution >= 4 is 34.5 Å². The number of benzene rings is 2. The van der Waals surface area contributed by atoms with E-state index in [1.165, 1.54) is 0 Å². The number of aromatic nitrogens is 4. The average molecular weight is 431 g/mol. The molecule has 1 aliphatic heterocycles. The van der Waals surface area contributed by atoms with E-state index in [0.29, 0.717) is 18.8 Å². The molecule has 1 fully saturated rings. The number of hydrogen-bond acceptors (Lipinski definition) is 6. The molecule has 0 aliphatic carbocycles. The third-order valence-electron chi connectivity index (χ3n) is 5.42. The van der Waals surface area contributed by atoms with Gasteiger partial charge in [-0.25, -0.2) is 9.97 Å². The number of carbonyl (C=O) groups is 1. The zero-order valence-electron chi connectivity index (χ0n) is 16.9. The zero-order valence-corrected chi connectivity index (χ0v) is 17.8. The highest BCUT2D eigenvalue weighted by Gasteiger charge is 2.24. The highest BCUT2D eigenvalue weighted by molar-refractivity contribution is 7.98. The molecule has 0 atom stereocenters. The maximum atomic E-state index is 13.3. The SMILES string of the molecule is O=C(c1ccccc1CSc1nc2ccccc2[nH]1)N1CCN(c2cnccn2)CC1. The van der Waals surface area contributed by atoms with Crippen molar-refractivity contribution in [1.29, 1.82) is 0 Å². The van der Waals surface area contributed by atoms with Crippen LogP contribution < -0.4 is 4.90 Å². The van der Waals surface area contributed by atoms with Crippen molar-refractivity contribution in [3.05, 3.63) is 78.2 Å². The number of piperazine rings is 1. The standard InChI is InChI=1S/C23H22N6OS/c30-22(29-13-11-28(12-14-29)21-15-24-9-10-25-21)18-6-2-1-5-17(18)16-31-23-26-19-7-3-4-8-20(19)27-23/h1-10,15H,11-14,16H2,(H,26,27). The van der Waals surface area contributed by atoms with Crippen molar-refractivity contribution in [2.24, 2.45) is 0 Å². The van der Waals surface area contributed by atoms with E-state index in [9.17, 15) is 4.79 Å². The molecule has 0 spiro atoms. The minimum absolute atomic E-state index is 0.0830. The Hall–Kier alpha value is -3.39. The second-order valence-electron chi connectivity index (χ2n) is 7.35. The summed E-state index contributed by atoms with van der Waals surface area (Å²) in [5, 5.41) is 0.862. The van der Waals surface area contributed by atoms with Gasteiger partial charge in [-0.15, -0.1) is 0 Å². The van der Waals surface area contributed by atoms with Gasteiger partial charge in [-0.3, -0.25) is 9.78 Å². The molecule has 156 valence electrons. The average Bonchev–Trinajstić information content (AvgIpc) is 3.26. The van der Waals surface area contributed by atoms with Gasteiger partial charge in [0.25, 0.3) is 5.91 Å². The molecule has 4 aromatic rings. The molecule has 8 heteroatoms. The topological polar surface area (TPSA) is 78.0 Å². The molecule has 3 heterocycles. The van der Waals surface area contributed by atoms with Crippen LogP contribution >= 0.6 is 11.8 Å². The number of H-pyrrole nitrogens is 1. The third kappa shape index (κ3) is 4.25. The molecule has 0 bridgehead atoms. The fourth-order valence-electron chi connectivity index (χ4n) is 3.76. The quantitative estimate of drug-likeness (QED) is 0.488. The Bertz CT molecular complexity index is 1150. The summed E-state index contributed by atoms with van der Waals surface area (Å²) in [7, 11) is 0. The van der Waals surface area contributed by atoms with Crippen molar-refractivity contribution in [1.82, 2.24) is 24.8 Å². The second kappa shape index (κ2) is 8.77. The first kappa shape index (κ1) is 19.6. The van der Waals surface area contributed by atoms with Crippen molar-refractivity contribution in [2.75, 3.05) is 31.1 Å². The predicted molar refractivity (Wildman–Crippen MR) is 122 cm³/mol. The van der Waals surface area contributed by atoms with Crippen LogP contribution in [-0.2, 0) is 5.75 Å². The van der Waals surface area contributed by atoms with Gasteiger partial charge in [0.2, 0.25) is 0 Å². The normalized spacial score (nSPS) is 14.2. The van der Waals surface area contributed by atoms with Gasteiger partial charge in [-0.1, -0.05) is 42.1 Å². The molecule has 1 saturated heterocycles. The second-order valence-corrected chi connectivity index (χ2v) is 8.31. The van der Waals surface area contributed by atoms with E-state index >= 15 is 0 Å². The third-order valence-corrected chi connectivity index (χ3v) is 6.34. The predicted octanol–water partition coefficient (Wildman–Crippen LogP) is 3.61. The summed E-state index contributed by atoms with van der Waals surface area (Å²) in [5.41, 5.74) is 3.76. The first-order valence-corrected chi connectivity index (χ1v) is 11.2. The van der Waals surface area contributed by atoms with E-state index in [1.54, 1.807) is 30.4 Å². The van der Waals surface area contributed by atoms with Crippen LogP contribution in [0.5, 0.6) is 0 Å². The van der Waals surface area contributed by atoms with Gasteiger partial charge in [0.1, 0.15) is 5.82 Å². The van der Waals surface area contributed by atoms with Crippen molar-refractivity contribution in [2.45, 2.75) is 10.9 Å². The zero-order chi connectivity index (χ0) is 21.0. The molecular weight excluding hydrogens is 408 g/mol. The van der Waals surface area contributed by atoms with Crippen molar-refractivity contribution in [3.8, 4) is 0 Å². The van der Waals surface area contributed by atoms with E-state index in [4.69, 9.17) is 0 Å². The van der Waals surface area contributed by atoms with Crippen LogP contribution in [0.1, 0.15) is 15.9 Å². The summed E-state index contributed by atoms with van der Waals surface area (Å²) in [6.07, 6.45) is 5.13. The Kier molecular flexibility index (Phi) is 5.54. The molecule has 2 aromatic heterocycles. The highest BCUT2D eigenvalue weighted by Crippen LogP contribution is 2.25. The molecule has 1 N–H and O–H groups in total. The number of nitrogens with one attached hydrogen (secondary N) is 1. The summed E-state index contributed by atoms with van der Waals surface area (Å²) in [6, 6.07) is 15.8. The molecule has 1 aliphatic rings. The van der Waals surface area contributed by atoms with E-state index < -0.39 is 0 Å². The van der Waals surface area contributed by atoms with E-state index in [2.05, 4.69) is 24.8 Å². The molecule has 1 amide bonds. The van der Waals surface area contributed by atoms with Crippen LogP contribution in [0.2, 0.25) is 0 Å². The molecule has 0 radical (unpaired) electrons. The number of rotatable bonds is 5. The van der Waals surface area contributed by atoms with Gasteiger partial charge < -0.3 is 14.8 Å². The van der Waals surface area contributed by atoms with Crippen LogP contribution in [-0.4, -0.2) is 56.9 Å². The van der Waals surface area contributed by atoms with Crippen LogP contribution in [0.3, 0.4) is 0 Å². The van der Waals surface area contributed by atoms with Gasteiger partial charge >= 0.3 is 0 Å². The van der Waals surface area contributed by atoms with Crippen molar-refractivity contribution < 1.29 is 4.79 Å². The summed E-state index contributed by atoms with van der Waals surface area (Å²) in [6.45, 7) is 2.83. The Labute approximate surface area is 184 Å². The van der Waals surface area contributed by atoms with E-state index in [1.807, 2.05) is 53.4 Å². The Morgan fingerprint density at radius 2 is 1.81 bits per heavy atom. The number of fused-ring (bicyclic) bond motifs is 1. The molecule has 0 saturated carbocycles. The van der Waals surface area contributed by atoms with Crippen LogP contribution in [0.25, 0.3) is 11.0 Å². The molecular formula is C23H22N6OS. The number of anilines is 1. The number of aromatic amines is 1. The summed E-state index contributed by atoms with van der Waals surface area (Å²) >= 11 is 1.61. The lowest BCUT2D eigenvalue weighted by Gasteiger charge is -2.35. The Morgan fingerprint density at radius 1 is 1.00 bits per heavy atom. The molecule has 7 nitrogen and oxygen atoms in total. The molecule has 0 unspecified atom stereocenters. The van der Waals surface area contributed by atoms with Crippen molar-refractivity contribution in [3.63, 3.8) is 0 Å². The minimum Gasteiger partial charge on any atom is -0.352 e. The lowest BCUT2D eigenvalue weighted by Crippen LogP contribution is -2.49. The van der Waals surface area contributed by atoms with Gasteiger partial charge in [-0.2, -0.15) is 0 Å². The van der Waals surface area contributed by atoms with Crippen LogP contribution in [0, 0.1) is 0 Å². The number of nitrogens with zero attached hydrogens (tertiary/aromatic N) is 5. The van der Waals surface area contributed by atoms with Crippen LogP contribution in [0.4, 0.5) is 5.82 Å². The highest BCUT2D eigenvalue weighted by atomic mass is 32.2. The van der Waals surface area contributed by atoms with E-state index in [0.717, 1.165) is 46.2 Å². The summed E-state index contributed by atoms with van der Waals surface area (Å²) in [4.78, 5) is 33.8. The number of amides is 1. The smallest absolute Gasteiger partial charge is 0.254 e. The van der Waals surface area contributed by atoms with Gasteiger partial charge in [0.05, 0.1) is 17.2 Å². The number of para-hydroxylation sites is 2. The number of thioether (sulfide) groups is 1. The fourth-order valence-corrected chi connectivity index (χ4v) is 4.65. The first-order valence-electron chi connectivity index (χ1n) is 10.2. The number of hydrogen-bond donors (Lipinski definition) is 1. The van der Waals surface area contributed by atoms with Gasteiger partial charge in [0.15, 0.2) is 5.16 Å². The minimum atomic E-state index is 0.0830. The maximum Gasteiger partial charge on any atom is 0.254 e. The van der Waals surface area contributed by atoms with E-state index in [-0.39, 0.29) is 5.91 Å². The summed E-state index contributed by atoms with van der Waals surface area (Å²) < 4.78 is 0. The van der Waals surface area contributed by atoms with Gasteiger partial charge in [0, 0.05) is 49.9 Å². The Balaban J connectivity index is 1.26. The fraction of sp³-hybridized carbons (Fsp3) is 0.217. The lowest BCUT2D eigenvalue weighted by atomic mass is 10.1. The number of imidazole rings is 1. The molecule has 5 rings (SSSR count). The monoisotopic (exact) mass is 430 g/mol. The first-order chi connectivity index (χ1) is 15.3. The summed E-state index contributed by atoms with van der Waals surface area (Å²) in [5.74, 6) is 1.62. The van der Waals surface area contributed by atoms with Gasteiger partial charge in [-0.05, 0) is 23.8 Å². The molecule has 31 heavy (non-hydrogen) atoms. The molecule has 2 aromatic carbocycles. The van der Waals surface area contributed by atoms with Crippen LogP contribution in [0.15, 0.2) is 72.3 Å². The largest absolute Gasteiger partial charge is 0.352 e. The lowest BCUT2D eigenvalue weighted by molar-refractivity contribution is 0.0745.